The van der Waals surface area contributed by atoms with Gasteiger partial charge in [0.15, 0.2) is 0 Å². The normalized spacial score (nSPS) is 18.3. The summed E-state index contributed by atoms with van der Waals surface area (Å²) in [5.74, 6) is -0.0528. The number of hydrogen-bond donors (Lipinski definition) is 2. The van der Waals surface area contributed by atoms with E-state index in [1.807, 2.05) is 14.0 Å². The Hall–Kier alpha value is -1.36. The van der Waals surface area contributed by atoms with Gasteiger partial charge in [-0.3, -0.25) is 9.48 Å². The summed E-state index contributed by atoms with van der Waals surface area (Å²) in [6, 6.07) is 0. The second-order valence-corrected chi connectivity index (χ2v) is 4.95. The molecule has 1 fully saturated rings. The average Bonchev–Trinajstić information content (AvgIpc) is 2.86. The lowest BCUT2D eigenvalue weighted by Gasteiger charge is -2.28. The van der Waals surface area contributed by atoms with Crippen molar-refractivity contribution >= 4 is 5.91 Å². The molecule has 1 saturated carbocycles. The van der Waals surface area contributed by atoms with Crippen molar-refractivity contribution in [3.63, 3.8) is 0 Å². The van der Waals surface area contributed by atoms with Gasteiger partial charge in [0, 0.05) is 19.8 Å². The molecule has 1 aliphatic carbocycles. The third-order valence-electron chi connectivity index (χ3n) is 3.59. The maximum atomic E-state index is 12.2. The quantitative estimate of drug-likeness (QED) is 0.812. The Morgan fingerprint density at radius 3 is 2.71 bits per heavy atom. The van der Waals surface area contributed by atoms with Crippen molar-refractivity contribution in [2.45, 2.75) is 38.1 Å². The maximum absolute atomic E-state index is 12.2. The molecule has 1 aliphatic rings. The van der Waals surface area contributed by atoms with Gasteiger partial charge >= 0.3 is 0 Å². The molecule has 1 aromatic heterocycles. The van der Waals surface area contributed by atoms with E-state index in [0.29, 0.717) is 12.1 Å². The van der Waals surface area contributed by atoms with Crippen LogP contribution in [0.3, 0.4) is 0 Å². The highest BCUT2D eigenvalue weighted by Crippen LogP contribution is 2.29. The van der Waals surface area contributed by atoms with Gasteiger partial charge in [-0.25, -0.2) is 0 Å². The second kappa shape index (κ2) is 4.49. The first-order valence-corrected chi connectivity index (χ1v) is 6.09. The zero-order chi connectivity index (χ0) is 12.5. The number of carbonyl (C=O) groups excluding carboxylic acids is 1. The fraction of sp³-hybridized carbons (Fsp3) is 0.667. The number of amides is 1. The topological polar surface area (TPSA) is 72.9 Å². The Bertz CT molecular complexity index is 418. The van der Waals surface area contributed by atoms with Gasteiger partial charge in [-0.2, -0.15) is 5.10 Å². The number of nitrogens with two attached hydrogens (primary N) is 1. The molecule has 0 atom stereocenters. The van der Waals surface area contributed by atoms with E-state index in [1.54, 1.807) is 10.9 Å². The predicted octanol–water partition coefficient (Wildman–Crippen LogP) is 0.730. The first kappa shape index (κ1) is 12.1. The zero-order valence-electron chi connectivity index (χ0n) is 10.5. The molecule has 1 aromatic rings. The smallest absolute Gasteiger partial charge is 0.255 e. The molecule has 2 rings (SSSR count). The minimum absolute atomic E-state index is 0.0528. The van der Waals surface area contributed by atoms with Crippen LogP contribution in [0.25, 0.3) is 0 Å². The summed E-state index contributed by atoms with van der Waals surface area (Å²) in [5, 5.41) is 7.28. The van der Waals surface area contributed by atoms with Crippen molar-refractivity contribution in [2.24, 2.45) is 12.8 Å². The molecule has 5 heteroatoms. The van der Waals surface area contributed by atoms with E-state index in [9.17, 15) is 4.79 Å². The number of rotatable bonds is 3. The first-order valence-electron chi connectivity index (χ1n) is 6.09. The van der Waals surface area contributed by atoms with Crippen LogP contribution in [0.1, 0.15) is 41.7 Å². The highest BCUT2D eigenvalue weighted by atomic mass is 16.1. The number of aryl methyl sites for hydroxylation is 2. The number of aromatic nitrogens is 2. The molecule has 3 N–H and O–H groups in total. The standard InChI is InChI=1S/C12H20N4O/c1-9-10(7-16(2)15-9)11(17)14-12(8-13)5-3-4-6-12/h7H,3-6,8,13H2,1-2H3,(H,14,17). The Labute approximate surface area is 101 Å². The molecule has 0 aromatic carbocycles. The number of hydrogen-bond acceptors (Lipinski definition) is 3. The SMILES string of the molecule is Cc1nn(C)cc1C(=O)NC1(CN)CCCC1. The van der Waals surface area contributed by atoms with Gasteiger partial charge < -0.3 is 11.1 Å². The summed E-state index contributed by atoms with van der Waals surface area (Å²) in [4.78, 5) is 12.2. The maximum Gasteiger partial charge on any atom is 0.255 e. The van der Waals surface area contributed by atoms with Crippen LogP contribution in [-0.2, 0) is 7.05 Å². The third-order valence-corrected chi connectivity index (χ3v) is 3.59. The van der Waals surface area contributed by atoms with Crippen molar-refractivity contribution < 1.29 is 4.79 Å². The van der Waals surface area contributed by atoms with Crippen LogP contribution in [-0.4, -0.2) is 27.8 Å². The van der Waals surface area contributed by atoms with Crippen LogP contribution in [0, 0.1) is 6.92 Å². The van der Waals surface area contributed by atoms with E-state index in [2.05, 4.69) is 10.4 Å². The van der Waals surface area contributed by atoms with Crippen molar-refractivity contribution in [3.05, 3.63) is 17.5 Å². The monoisotopic (exact) mass is 236 g/mol. The minimum atomic E-state index is -0.195. The van der Waals surface area contributed by atoms with Crippen LogP contribution < -0.4 is 11.1 Å². The number of carbonyl (C=O) groups is 1. The van der Waals surface area contributed by atoms with Crippen LogP contribution in [0.5, 0.6) is 0 Å². The van der Waals surface area contributed by atoms with Gasteiger partial charge in [-0.1, -0.05) is 12.8 Å². The number of nitrogens with zero attached hydrogens (tertiary/aromatic N) is 2. The van der Waals surface area contributed by atoms with Crippen LogP contribution in [0.2, 0.25) is 0 Å². The Kier molecular flexibility index (Phi) is 3.19. The summed E-state index contributed by atoms with van der Waals surface area (Å²) in [7, 11) is 1.82. The third kappa shape index (κ3) is 2.34. The van der Waals surface area contributed by atoms with Gasteiger partial charge in [0.05, 0.1) is 16.8 Å². The molecule has 0 spiro atoms. The van der Waals surface area contributed by atoms with E-state index < -0.39 is 0 Å². The Morgan fingerprint density at radius 2 is 2.24 bits per heavy atom. The van der Waals surface area contributed by atoms with Crippen LogP contribution in [0.4, 0.5) is 0 Å². The molecule has 0 bridgehead atoms. The molecular formula is C12H20N4O. The van der Waals surface area contributed by atoms with Gasteiger partial charge in [-0.05, 0) is 19.8 Å². The highest BCUT2D eigenvalue weighted by Gasteiger charge is 2.34. The lowest BCUT2D eigenvalue weighted by molar-refractivity contribution is 0.0902. The summed E-state index contributed by atoms with van der Waals surface area (Å²) in [5.41, 5.74) is 7.01. The zero-order valence-corrected chi connectivity index (χ0v) is 10.5. The molecule has 0 radical (unpaired) electrons. The second-order valence-electron chi connectivity index (χ2n) is 4.95. The average molecular weight is 236 g/mol. The largest absolute Gasteiger partial charge is 0.345 e. The van der Waals surface area contributed by atoms with Crippen LogP contribution in [0.15, 0.2) is 6.20 Å². The van der Waals surface area contributed by atoms with E-state index in [0.717, 1.165) is 31.4 Å². The molecule has 0 saturated heterocycles. The van der Waals surface area contributed by atoms with Crippen molar-refractivity contribution in [3.8, 4) is 0 Å². The van der Waals surface area contributed by atoms with Gasteiger partial charge in [-0.15, -0.1) is 0 Å². The minimum Gasteiger partial charge on any atom is -0.345 e. The van der Waals surface area contributed by atoms with E-state index in [4.69, 9.17) is 5.73 Å². The molecule has 1 heterocycles. The predicted molar refractivity (Wildman–Crippen MR) is 65.7 cm³/mol. The van der Waals surface area contributed by atoms with E-state index in [-0.39, 0.29) is 11.4 Å². The van der Waals surface area contributed by atoms with Crippen molar-refractivity contribution in [1.29, 1.82) is 0 Å². The van der Waals surface area contributed by atoms with E-state index >= 15 is 0 Å². The fourth-order valence-corrected chi connectivity index (χ4v) is 2.56. The molecule has 94 valence electrons. The first-order chi connectivity index (χ1) is 8.06. The highest BCUT2D eigenvalue weighted by molar-refractivity contribution is 5.95. The summed E-state index contributed by atoms with van der Waals surface area (Å²) in [6.45, 7) is 2.36. The summed E-state index contributed by atoms with van der Waals surface area (Å²) >= 11 is 0. The molecule has 5 nitrogen and oxygen atoms in total. The lowest BCUT2D eigenvalue weighted by Crippen LogP contribution is -2.51. The van der Waals surface area contributed by atoms with Crippen LogP contribution >= 0.6 is 0 Å². The van der Waals surface area contributed by atoms with E-state index in [1.165, 1.54) is 0 Å². The van der Waals surface area contributed by atoms with Gasteiger partial charge in [0.1, 0.15) is 0 Å². The molecule has 0 unspecified atom stereocenters. The van der Waals surface area contributed by atoms with Gasteiger partial charge in [0.25, 0.3) is 5.91 Å². The lowest BCUT2D eigenvalue weighted by atomic mass is 9.97. The van der Waals surface area contributed by atoms with Crippen molar-refractivity contribution in [1.82, 2.24) is 15.1 Å². The molecular weight excluding hydrogens is 216 g/mol. The Morgan fingerprint density at radius 1 is 1.59 bits per heavy atom. The summed E-state index contributed by atoms with van der Waals surface area (Å²) < 4.78 is 1.66. The summed E-state index contributed by atoms with van der Waals surface area (Å²) in [6.07, 6.45) is 6.00. The van der Waals surface area contributed by atoms with Gasteiger partial charge in [0.2, 0.25) is 0 Å². The number of nitrogens with one attached hydrogen (secondary N) is 1. The molecule has 1 amide bonds. The van der Waals surface area contributed by atoms with Crippen molar-refractivity contribution in [2.75, 3.05) is 6.54 Å². The molecule has 0 aliphatic heterocycles. The Balaban J connectivity index is 2.13. The fourth-order valence-electron chi connectivity index (χ4n) is 2.56. The molecule has 17 heavy (non-hydrogen) atoms.